The van der Waals surface area contributed by atoms with Crippen molar-refractivity contribution in [3.05, 3.63) is 0 Å². The average Bonchev–Trinajstić information content (AvgIpc) is 2.09. The highest BCUT2D eigenvalue weighted by atomic mass is 16.2. The van der Waals surface area contributed by atoms with Crippen LogP contribution in [0.25, 0.3) is 0 Å². The third-order valence-corrected chi connectivity index (χ3v) is 2.68. The first-order valence-electron chi connectivity index (χ1n) is 5.16. The molecule has 3 amide bonds. The smallest absolute Gasteiger partial charge is 0.321 e. The minimum atomic E-state index is -0.234. The van der Waals surface area contributed by atoms with Gasteiger partial charge in [0.1, 0.15) is 0 Å². The van der Waals surface area contributed by atoms with Crippen molar-refractivity contribution < 1.29 is 9.59 Å². The second kappa shape index (κ2) is 4.44. The van der Waals surface area contributed by atoms with E-state index in [9.17, 15) is 9.59 Å². The third-order valence-electron chi connectivity index (χ3n) is 2.68. The van der Waals surface area contributed by atoms with Crippen molar-refractivity contribution in [1.82, 2.24) is 10.2 Å². The molecule has 0 spiro atoms. The van der Waals surface area contributed by atoms with Gasteiger partial charge < -0.3 is 4.90 Å². The van der Waals surface area contributed by atoms with Crippen LogP contribution in [0.3, 0.4) is 0 Å². The van der Waals surface area contributed by atoms with Crippen molar-refractivity contribution in [2.24, 2.45) is 5.92 Å². The molecule has 0 radical (unpaired) electrons. The summed E-state index contributed by atoms with van der Waals surface area (Å²) < 4.78 is 0. The lowest BCUT2D eigenvalue weighted by molar-refractivity contribution is -0.121. The van der Waals surface area contributed by atoms with Gasteiger partial charge in [0.15, 0.2) is 0 Å². The monoisotopic (exact) mass is 198 g/mol. The van der Waals surface area contributed by atoms with E-state index >= 15 is 0 Å². The molecular weight excluding hydrogens is 180 g/mol. The Morgan fingerprint density at radius 1 is 1.43 bits per heavy atom. The number of hydrogen-bond donors (Lipinski definition) is 1. The summed E-state index contributed by atoms with van der Waals surface area (Å²) in [6.07, 6.45) is 1.36. The van der Waals surface area contributed by atoms with Crippen molar-refractivity contribution in [1.29, 1.82) is 0 Å². The molecule has 1 N–H and O–H groups in total. The number of hydrogen-bond acceptors (Lipinski definition) is 2. The van der Waals surface area contributed by atoms with Crippen molar-refractivity contribution in [2.75, 3.05) is 6.54 Å². The molecule has 1 aliphatic heterocycles. The molecule has 1 unspecified atom stereocenters. The summed E-state index contributed by atoms with van der Waals surface area (Å²) in [4.78, 5) is 24.2. The van der Waals surface area contributed by atoms with Crippen LogP contribution in [0.5, 0.6) is 0 Å². The largest absolute Gasteiger partial charge is 0.324 e. The normalized spacial score (nSPS) is 19.9. The van der Waals surface area contributed by atoms with Crippen molar-refractivity contribution in [2.45, 2.75) is 39.7 Å². The summed E-state index contributed by atoms with van der Waals surface area (Å²) in [5.74, 6) is 0.267. The van der Waals surface area contributed by atoms with Crippen LogP contribution < -0.4 is 5.32 Å². The highest BCUT2D eigenvalue weighted by Crippen LogP contribution is 2.16. The summed E-state index contributed by atoms with van der Waals surface area (Å²) in [5, 5.41) is 2.35. The van der Waals surface area contributed by atoms with Gasteiger partial charge in [0.25, 0.3) is 0 Å². The molecule has 0 aromatic carbocycles. The van der Waals surface area contributed by atoms with Crippen LogP contribution in [0.1, 0.15) is 33.6 Å². The highest BCUT2D eigenvalue weighted by molar-refractivity contribution is 5.96. The molecule has 1 atom stereocenters. The van der Waals surface area contributed by atoms with Crippen LogP contribution in [-0.4, -0.2) is 29.4 Å². The lowest BCUT2D eigenvalue weighted by Crippen LogP contribution is -2.54. The molecule has 1 aliphatic rings. The molecule has 0 aromatic rings. The van der Waals surface area contributed by atoms with Crippen LogP contribution in [-0.2, 0) is 4.79 Å². The van der Waals surface area contributed by atoms with Crippen molar-refractivity contribution >= 4 is 11.9 Å². The van der Waals surface area contributed by atoms with Gasteiger partial charge in [-0.15, -0.1) is 0 Å². The Balaban J connectivity index is 2.66. The van der Waals surface area contributed by atoms with E-state index in [4.69, 9.17) is 0 Å². The average molecular weight is 198 g/mol. The molecule has 1 fully saturated rings. The molecule has 1 rings (SSSR count). The Morgan fingerprint density at radius 3 is 2.50 bits per heavy atom. The fourth-order valence-corrected chi connectivity index (χ4v) is 1.95. The fourth-order valence-electron chi connectivity index (χ4n) is 1.95. The van der Waals surface area contributed by atoms with Crippen LogP contribution in [0.2, 0.25) is 0 Å². The van der Waals surface area contributed by atoms with Gasteiger partial charge in [-0.05, 0) is 12.3 Å². The second-order valence-corrected chi connectivity index (χ2v) is 4.02. The number of carbonyl (C=O) groups is 2. The lowest BCUT2D eigenvalue weighted by atomic mass is 9.99. The zero-order chi connectivity index (χ0) is 10.7. The van der Waals surface area contributed by atoms with Crippen LogP contribution in [0, 0.1) is 5.92 Å². The van der Waals surface area contributed by atoms with Gasteiger partial charge in [0.2, 0.25) is 5.91 Å². The molecule has 0 aromatic heterocycles. The Kier molecular flexibility index (Phi) is 3.49. The Morgan fingerprint density at radius 2 is 2.07 bits per heavy atom. The van der Waals surface area contributed by atoms with Gasteiger partial charge in [-0.2, -0.15) is 0 Å². The molecule has 4 nitrogen and oxygen atoms in total. The topological polar surface area (TPSA) is 49.4 Å². The first-order chi connectivity index (χ1) is 6.56. The van der Waals surface area contributed by atoms with Crippen molar-refractivity contribution in [3.8, 4) is 0 Å². The summed E-state index contributed by atoms with van der Waals surface area (Å²) in [5.41, 5.74) is 0. The molecule has 0 aliphatic carbocycles. The SMILES string of the molecule is CCC(C(C)C)N1CCC(=O)NC1=O. The second-order valence-electron chi connectivity index (χ2n) is 4.02. The number of urea groups is 1. The van der Waals surface area contributed by atoms with Gasteiger partial charge in [0, 0.05) is 19.0 Å². The summed E-state index contributed by atoms with van der Waals surface area (Å²) in [6.45, 7) is 6.81. The maximum Gasteiger partial charge on any atom is 0.324 e. The summed E-state index contributed by atoms with van der Waals surface area (Å²) >= 11 is 0. The zero-order valence-corrected chi connectivity index (χ0v) is 9.04. The first kappa shape index (κ1) is 11.0. The minimum Gasteiger partial charge on any atom is -0.321 e. The fraction of sp³-hybridized carbons (Fsp3) is 0.800. The van der Waals surface area contributed by atoms with Gasteiger partial charge in [-0.25, -0.2) is 4.79 Å². The lowest BCUT2D eigenvalue weighted by Gasteiger charge is -2.35. The van der Waals surface area contributed by atoms with E-state index in [-0.39, 0.29) is 18.0 Å². The number of nitrogens with one attached hydrogen (secondary N) is 1. The van der Waals surface area contributed by atoms with E-state index < -0.39 is 0 Å². The number of nitrogens with zero attached hydrogens (tertiary/aromatic N) is 1. The minimum absolute atomic E-state index is 0.162. The van der Waals surface area contributed by atoms with E-state index in [1.165, 1.54) is 0 Å². The van der Waals surface area contributed by atoms with Crippen LogP contribution in [0.4, 0.5) is 4.79 Å². The van der Waals surface area contributed by atoms with Gasteiger partial charge in [0.05, 0.1) is 0 Å². The number of imide groups is 1. The Bertz CT molecular complexity index is 238. The molecule has 80 valence electrons. The summed E-state index contributed by atoms with van der Waals surface area (Å²) in [6, 6.07) is 0.00454. The van der Waals surface area contributed by atoms with E-state index in [0.717, 1.165) is 6.42 Å². The van der Waals surface area contributed by atoms with Crippen molar-refractivity contribution in [3.63, 3.8) is 0 Å². The Labute approximate surface area is 84.7 Å². The van der Waals surface area contributed by atoms with E-state index in [2.05, 4.69) is 26.1 Å². The van der Waals surface area contributed by atoms with E-state index in [0.29, 0.717) is 18.9 Å². The molecule has 1 saturated heterocycles. The molecular formula is C10H18N2O2. The van der Waals surface area contributed by atoms with Crippen LogP contribution in [0.15, 0.2) is 0 Å². The molecule has 0 bridgehead atoms. The quantitative estimate of drug-likeness (QED) is 0.744. The van der Waals surface area contributed by atoms with Gasteiger partial charge >= 0.3 is 6.03 Å². The van der Waals surface area contributed by atoms with E-state index in [1.807, 2.05) is 0 Å². The third kappa shape index (κ3) is 2.25. The standard InChI is InChI=1S/C10H18N2O2/c1-4-8(7(2)3)12-6-5-9(13)11-10(12)14/h7-8H,4-6H2,1-3H3,(H,11,13,14). The van der Waals surface area contributed by atoms with E-state index in [1.54, 1.807) is 4.90 Å². The predicted molar refractivity (Wildman–Crippen MR) is 53.8 cm³/mol. The first-order valence-corrected chi connectivity index (χ1v) is 5.16. The Hall–Kier alpha value is -1.06. The molecule has 1 heterocycles. The van der Waals surface area contributed by atoms with Gasteiger partial charge in [-0.3, -0.25) is 10.1 Å². The predicted octanol–water partition coefficient (Wildman–Crippen LogP) is 1.36. The molecule has 14 heavy (non-hydrogen) atoms. The highest BCUT2D eigenvalue weighted by Gasteiger charge is 2.29. The number of rotatable bonds is 3. The number of carbonyl (C=O) groups excluding carboxylic acids is 2. The zero-order valence-electron chi connectivity index (χ0n) is 9.04. The van der Waals surface area contributed by atoms with Gasteiger partial charge in [-0.1, -0.05) is 20.8 Å². The molecule has 4 heteroatoms. The maximum absolute atomic E-state index is 11.5. The number of amides is 3. The maximum atomic E-state index is 11.5. The van der Waals surface area contributed by atoms with Crippen LogP contribution >= 0.6 is 0 Å². The summed E-state index contributed by atoms with van der Waals surface area (Å²) in [7, 11) is 0. The molecule has 0 saturated carbocycles.